The van der Waals surface area contributed by atoms with Crippen LogP contribution in [0.1, 0.15) is 20.3 Å². The molecule has 0 amide bonds. The van der Waals surface area contributed by atoms with E-state index < -0.39 is 9.84 Å². The van der Waals surface area contributed by atoms with Crippen molar-refractivity contribution in [2.45, 2.75) is 31.2 Å². The zero-order valence-electron chi connectivity index (χ0n) is 14.4. The molecular formula is C16H26FN3O2S2. The number of rotatable bonds is 9. The van der Waals surface area contributed by atoms with Crippen LogP contribution in [0, 0.1) is 5.82 Å². The summed E-state index contributed by atoms with van der Waals surface area (Å²) in [6, 6.07) is 6.67. The van der Waals surface area contributed by atoms with Gasteiger partial charge >= 0.3 is 0 Å². The fourth-order valence-corrected chi connectivity index (χ4v) is 3.46. The molecular weight excluding hydrogens is 349 g/mol. The van der Waals surface area contributed by atoms with Crippen molar-refractivity contribution < 1.29 is 12.8 Å². The summed E-state index contributed by atoms with van der Waals surface area (Å²) in [5.41, 5.74) is 0. The molecule has 1 atom stereocenters. The van der Waals surface area contributed by atoms with Crippen LogP contribution in [0.2, 0.25) is 0 Å². The Morgan fingerprint density at radius 1 is 1.38 bits per heavy atom. The number of halogens is 1. The Balaban J connectivity index is 2.45. The van der Waals surface area contributed by atoms with E-state index in [-0.39, 0.29) is 17.6 Å². The number of nitrogens with zero attached hydrogens (tertiary/aromatic N) is 1. The molecule has 0 radical (unpaired) electrons. The van der Waals surface area contributed by atoms with Crippen LogP contribution < -0.4 is 10.6 Å². The van der Waals surface area contributed by atoms with Gasteiger partial charge in [0.2, 0.25) is 0 Å². The molecule has 0 bridgehead atoms. The SMILES string of the molecule is CCNC(=NCCSc1ccccc1F)NC(C)CCS(C)(=O)=O. The van der Waals surface area contributed by atoms with Crippen molar-refractivity contribution >= 4 is 27.6 Å². The maximum Gasteiger partial charge on any atom is 0.191 e. The molecule has 2 N–H and O–H groups in total. The molecule has 136 valence electrons. The molecule has 0 aliphatic carbocycles. The maximum absolute atomic E-state index is 13.5. The largest absolute Gasteiger partial charge is 0.357 e. The average Bonchev–Trinajstić information content (AvgIpc) is 2.50. The van der Waals surface area contributed by atoms with Gasteiger partial charge in [-0.3, -0.25) is 4.99 Å². The van der Waals surface area contributed by atoms with Gasteiger partial charge in [-0.2, -0.15) is 0 Å². The van der Waals surface area contributed by atoms with Crippen LogP contribution in [0.5, 0.6) is 0 Å². The number of nitrogens with one attached hydrogen (secondary N) is 2. The number of sulfone groups is 1. The number of hydrogen-bond donors (Lipinski definition) is 2. The second kappa shape index (κ2) is 10.6. The summed E-state index contributed by atoms with van der Waals surface area (Å²) in [7, 11) is -2.96. The summed E-state index contributed by atoms with van der Waals surface area (Å²) in [4.78, 5) is 5.06. The van der Waals surface area contributed by atoms with Gasteiger partial charge in [0.25, 0.3) is 0 Å². The van der Waals surface area contributed by atoms with Gasteiger partial charge in [-0.05, 0) is 32.4 Å². The van der Waals surface area contributed by atoms with Gasteiger partial charge in [0.1, 0.15) is 15.7 Å². The van der Waals surface area contributed by atoms with Crippen LogP contribution in [0.15, 0.2) is 34.2 Å². The first-order valence-electron chi connectivity index (χ1n) is 7.91. The van der Waals surface area contributed by atoms with Gasteiger partial charge in [-0.15, -0.1) is 11.8 Å². The van der Waals surface area contributed by atoms with E-state index in [4.69, 9.17) is 0 Å². The van der Waals surface area contributed by atoms with Crippen LogP contribution in [0.3, 0.4) is 0 Å². The third-order valence-electron chi connectivity index (χ3n) is 3.10. The molecule has 0 aliphatic heterocycles. The van der Waals surface area contributed by atoms with E-state index in [1.807, 2.05) is 19.9 Å². The number of benzene rings is 1. The number of aliphatic imine (C=N–C) groups is 1. The Hall–Kier alpha value is -1.28. The van der Waals surface area contributed by atoms with Gasteiger partial charge < -0.3 is 10.6 Å². The standard InChI is InChI=1S/C16H26FN3O2S2/c1-4-18-16(20-13(2)9-12-24(3,21)22)19-10-11-23-15-8-6-5-7-14(15)17/h5-8,13H,4,9-12H2,1-3H3,(H2,18,19,20). The summed E-state index contributed by atoms with van der Waals surface area (Å²) in [5.74, 6) is 1.23. The molecule has 5 nitrogen and oxygen atoms in total. The second-order valence-corrected chi connectivity index (χ2v) is 8.90. The summed E-state index contributed by atoms with van der Waals surface area (Å²) >= 11 is 1.42. The normalized spacial score (nSPS) is 13.6. The third-order valence-corrected chi connectivity index (χ3v) is 5.11. The Bertz CT molecular complexity index is 636. The Morgan fingerprint density at radius 3 is 2.71 bits per heavy atom. The molecule has 8 heteroatoms. The van der Waals surface area contributed by atoms with E-state index in [1.165, 1.54) is 24.1 Å². The van der Waals surface area contributed by atoms with E-state index in [9.17, 15) is 12.8 Å². The lowest BCUT2D eigenvalue weighted by Crippen LogP contribution is -2.43. The van der Waals surface area contributed by atoms with Crippen molar-refractivity contribution in [3.05, 3.63) is 30.1 Å². The van der Waals surface area contributed by atoms with Crippen LogP contribution in [0.4, 0.5) is 4.39 Å². The van der Waals surface area contributed by atoms with Gasteiger partial charge in [0.05, 0.1) is 12.3 Å². The lowest BCUT2D eigenvalue weighted by atomic mass is 10.3. The van der Waals surface area contributed by atoms with E-state index in [0.717, 1.165) is 0 Å². The van der Waals surface area contributed by atoms with Crippen molar-refractivity contribution in [3.8, 4) is 0 Å². The van der Waals surface area contributed by atoms with Crippen molar-refractivity contribution in [2.75, 3.05) is 30.9 Å². The zero-order valence-corrected chi connectivity index (χ0v) is 16.0. The van der Waals surface area contributed by atoms with Gasteiger partial charge in [-0.25, -0.2) is 12.8 Å². The predicted molar refractivity (Wildman–Crippen MR) is 100 cm³/mol. The molecule has 0 aliphatic rings. The first kappa shape index (κ1) is 20.8. The molecule has 0 heterocycles. The molecule has 1 aromatic rings. The monoisotopic (exact) mass is 375 g/mol. The highest BCUT2D eigenvalue weighted by atomic mass is 32.2. The molecule has 0 aromatic heterocycles. The zero-order chi connectivity index (χ0) is 18.0. The fraction of sp³-hybridized carbons (Fsp3) is 0.562. The Kier molecular flexibility index (Phi) is 9.13. The highest BCUT2D eigenvalue weighted by molar-refractivity contribution is 7.99. The van der Waals surface area contributed by atoms with Gasteiger partial charge in [0.15, 0.2) is 5.96 Å². The van der Waals surface area contributed by atoms with Crippen LogP contribution in [-0.2, 0) is 9.84 Å². The lowest BCUT2D eigenvalue weighted by Gasteiger charge is -2.17. The summed E-state index contributed by atoms with van der Waals surface area (Å²) < 4.78 is 35.9. The minimum atomic E-state index is -2.96. The first-order valence-corrected chi connectivity index (χ1v) is 11.0. The van der Waals surface area contributed by atoms with Crippen molar-refractivity contribution in [1.29, 1.82) is 0 Å². The summed E-state index contributed by atoms with van der Waals surface area (Å²) in [5, 5.41) is 6.32. The topological polar surface area (TPSA) is 70.6 Å². The highest BCUT2D eigenvalue weighted by Crippen LogP contribution is 2.20. The number of guanidine groups is 1. The van der Waals surface area contributed by atoms with Crippen LogP contribution in [0.25, 0.3) is 0 Å². The molecule has 0 fully saturated rings. The van der Waals surface area contributed by atoms with E-state index in [0.29, 0.717) is 36.1 Å². The summed E-state index contributed by atoms with van der Waals surface area (Å²) in [6.45, 7) is 5.14. The van der Waals surface area contributed by atoms with Crippen molar-refractivity contribution in [1.82, 2.24) is 10.6 Å². The fourth-order valence-electron chi connectivity index (χ4n) is 1.89. The molecule has 1 unspecified atom stereocenters. The van der Waals surface area contributed by atoms with E-state index in [2.05, 4.69) is 15.6 Å². The van der Waals surface area contributed by atoms with E-state index >= 15 is 0 Å². The first-order chi connectivity index (χ1) is 11.3. The summed E-state index contributed by atoms with van der Waals surface area (Å²) in [6.07, 6.45) is 1.76. The van der Waals surface area contributed by atoms with Crippen molar-refractivity contribution in [2.24, 2.45) is 4.99 Å². The predicted octanol–water partition coefficient (Wildman–Crippen LogP) is 2.30. The van der Waals surface area contributed by atoms with Crippen molar-refractivity contribution in [3.63, 3.8) is 0 Å². The quantitative estimate of drug-likeness (QED) is 0.300. The third kappa shape index (κ3) is 9.12. The number of thioether (sulfide) groups is 1. The minimum Gasteiger partial charge on any atom is -0.357 e. The molecule has 0 spiro atoms. The lowest BCUT2D eigenvalue weighted by molar-refractivity contribution is 0.581. The average molecular weight is 376 g/mol. The molecule has 1 aromatic carbocycles. The Morgan fingerprint density at radius 2 is 2.08 bits per heavy atom. The smallest absolute Gasteiger partial charge is 0.191 e. The van der Waals surface area contributed by atoms with Crippen LogP contribution in [-0.4, -0.2) is 51.3 Å². The molecule has 24 heavy (non-hydrogen) atoms. The van der Waals surface area contributed by atoms with E-state index in [1.54, 1.807) is 12.1 Å². The Labute approximate surface area is 148 Å². The van der Waals surface area contributed by atoms with Crippen LogP contribution >= 0.6 is 11.8 Å². The number of hydrogen-bond acceptors (Lipinski definition) is 4. The minimum absolute atomic E-state index is 0.00301. The highest BCUT2D eigenvalue weighted by Gasteiger charge is 2.09. The van der Waals surface area contributed by atoms with Gasteiger partial charge in [0, 0.05) is 29.5 Å². The molecule has 0 saturated heterocycles. The maximum atomic E-state index is 13.5. The molecule has 0 saturated carbocycles. The van der Waals surface area contributed by atoms with Gasteiger partial charge in [-0.1, -0.05) is 12.1 Å². The molecule has 1 rings (SSSR count). The second-order valence-electron chi connectivity index (χ2n) is 5.50.